The van der Waals surface area contributed by atoms with Gasteiger partial charge in [-0.15, -0.1) is 0 Å². The Morgan fingerprint density at radius 3 is 3.12 bits per heavy atom. The van der Waals surface area contributed by atoms with Gasteiger partial charge in [0.15, 0.2) is 0 Å². The molecule has 1 aromatic heterocycles. The normalized spacial score (nSPS) is 24.6. The number of nitrogens with one attached hydrogen (secondary N) is 1. The highest BCUT2D eigenvalue weighted by Crippen LogP contribution is 2.41. The Hall–Kier alpha value is -1.09. The largest absolute Gasteiger partial charge is 0.495 e. The Labute approximate surface area is 97.2 Å². The van der Waals surface area contributed by atoms with Crippen molar-refractivity contribution in [3.63, 3.8) is 0 Å². The minimum Gasteiger partial charge on any atom is -0.495 e. The predicted molar refractivity (Wildman–Crippen MR) is 64.8 cm³/mol. The molecule has 1 heterocycles. The summed E-state index contributed by atoms with van der Waals surface area (Å²) in [5.74, 6) is 2.20. The summed E-state index contributed by atoms with van der Waals surface area (Å²) in [6, 6.07) is 3.95. The van der Waals surface area contributed by atoms with Gasteiger partial charge >= 0.3 is 0 Å². The van der Waals surface area contributed by atoms with E-state index in [-0.39, 0.29) is 0 Å². The molecule has 1 aliphatic carbocycles. The maximum atomic E-state index is 5.40. The lowest BCUT2D eigenvalue weighted by atomic mass is 9.92. The van der Waals surface area contributed by atoms with Gasteiger partial charge in [0.25, 0.3) is 0 Å². The molecule has 2 atom stereocenters. The number of hydrogen-bond donors (Lipinski definition) is 1. The van der Waals surface area contributed by atoms with E-state index in [0.29, 0.717) is 11.8 Å². The van der Waals surface area contributed by atoms with Gasteiger partial charge in [0.05, 0.1) is 12.8 Å². The molecule has 0 spiro atoms. The molecule has 88 valence electrons. The summed E-state index contributed by atoms with van der Waals surface area (Å²) in [5, 5.41) is 3.28. The van der Waals surface area contributed by atoms with Gasteiger partial charge in [-0.1, -0.05) is 6.42 Å². The van der Waals surface area contributed by atoms with Crippen LogP contribution in [0.4, 0.5) is 0 Å². The molecule has 1 aliphatic rings. The summed E-state index contributed by atoms with van der Waals surface area (Å²) in [7, 11) is 3.74. The molecule has 1 fully saturated rings. The number of ether oxygens (including phenoxy) is 1. The molecule has 1 N–H and O–H groups in total. The summed E-state index contributed by atoms with van der Waals surface area (Å²) in [6.45, 7) is 1.07. The van der Waals surface area contributed by atoms with E-state index in [1.807, 2.05) is 25.4 Å². The van der Waals surface area contributed by atoms with Crippen molar-refractivity contribution in [3.8, 4) is 5.75 Å². The Morgan fingerprint density at radius 1 is 1.50 bits per heavy atom. The highest BCUT2D eigenvalue weighted by molar-refractivity contribution is 5.31. The number of methoxy groups -OCH3 is 1. The molecule has 0 aromatic carbocycles. The molecule has 2 rings (SSSR count). The second kappa shape index (κ2) is 5.30. The van der Waals surface area contributed by atoms with E-state index in [1.54, 1.807) is 7.11 Å². The summed E-state index contributed by atoms with van der Waals surface area (Å²) in [6.07, 6.45) is 5.70. The van der Waals surface area contributed by atoms with Crippen molar-refractivity contribution in [2.45, 2.75) is 25.2 Å². The standard InChI is InChI=1S/C13H20N2O/c1-14-9-10-5-3-6-11(10)13-12(16-2)7-4-8-15-13/h4,7-8,10-11,14H,3,5-6,9H2,1-2H3. The smallest absolute Gasteiger partial charge is 0.140 e. The van der Waals surface area contributed by atoms with E-state index in [9.17, 15) is 0 Å². The molecule has 16 heavy (non-hydrogen) atoms. The monoisotopic (exact) mass is 220 g/mol. The zero-order valence-corrected chi connectivity index (χ0v) is 10.1. The molecule has 3 heteroatoms. The van der Waals surface area contributed by atoms with Crippen molar-refractivity contribution in [1.82, 2.24) is 10.3 Å². The van der Waals surface area contributed by atoms with Gasteiger partial charge in [-0.3, -0.25) is 4.98 Å². The van der Waals surface area contributed by atoms with Crippen molar-refractivity contribution in [1.29, 1.82) is 0 Å². The zero-order chi connectivity index (χ0) is 11.4. The molecule has 1 saturated carbocycles. The minimum atomic E-state index is 0.559. The van der Waals surface area contributed by atoms with Crippen LogP contribution >= 0.6 is 0 Å². The topological polar surface area (TPSA) is 34.2 Å². The van der Waals surface area contributed by atoms with E-state index in [2.05, 4.69) is 10.3 Å². The van der Waals surface area contributed by atoms with Crippen LogP contribution in [0.2, 0.25) is 0 Å². The molecule has 1 aromatic rings. The van der Waals surface area contributed by atoms with Crippen LogP contribution in [0, 0.1) is 5.92 Å². The lowest BCUT2D eigenvalue weighted by molar-refractivity contribution is 0.386. The van der Waals surface area contributed by atoms with Crippen molar-refractivity contribution in [2.75, 3.05) is 20.7 Å². The molecule has 0 radical (unpaired) electrons. The quantitative estimate of drug-likeness (QED) is 0.844. The van der Waals surface area contributed by atoms with Crippen LogP contribution in [0.25, 0.3) is 0 Å². The predicted octanol–water partition coefficient (Wildman–Crippen LogP) is 2.19. The number of aromatic nitrogens is 1. The second-order valence-electron chi connectivity index (χ2n) is 4.45. The number of pyridine rings is 1. The SMILES string of the molecule is CNCC1CCCC1c1ncccc1OC. The number of rotatable bonds is 4. The average Bonchev–Trinajstić information content (AvgIpc) is 2.77. The Balaban J connectivity index is 2.21. The summed E-state index contributed by atoms with van der Waals surface area (Å²) < 4.78 is 5.40. The van der Waals surface area contributed by atoms with Crippen LogP contribution in [-0.4, -0.2) is 25.7 Å². The molecule has 2 unspecified atom stereocenters. The van der Waals surface area contributed by atoms with E-state index in [1.165, 1.54) is 19.3 Å². The third-order valence-electron chi connectivity index (χ3n) is 3.50. The average molecular weight is 220 g/mol. The molecular formula is C13H20N2O. The lowest BCUT2D eigenvalue weighted by Gasteiger charge is -2.20. The molecule has 0 bridgehead atoms. The van der Waals surface area contributed by atoms with Gasteiger partial charge in [0.2, 0.25) is 0 Å². The van der Waals surface area contributed by atoms with E-state index >= 15 is 0 Å². The fourth-order valence-electron chi connectivity index (χ4n) is 2.76. The number of nitrogens with zero attached hydrogens (tertiary/aromatic N) is 1. The van der Waals surface area contributed by atoms with Gasteiger partial charge in [-0.2, -0.15) is 0 Å². The van der Waals surface area contributed by atoms with Crippen LogP contribution in [0.1, 0.15) is 30.9 Å². The fraction of sp³-hybridized carbons (Fsp3) is 0.615. The third kappa shape index (κ3) is 2.19. The summed E-state index contributed by atoms with van der Waals surface area (Å²) >= 11 is 0. The Kier molecular flexibility index (Phi) is 3.78. The Morgan fingerprint density at radius 2 is 2.38 bits per heavy atom. The van der Waals surface area contributed by atoms with E-state index in [4.69, 9.17) is 4.74 Å². The van der Waals surface area contributed by atoms with Crippen molar-refractivity contribution in [3.05, 3.63) is 24.0 Å². The van der Waals surface area contributed by atoms with Crippen LogP contribution in [-0.2, 0) is 0 Å². The van der Waals surface area contributed by atoms with Crippen LogP contribution in [0.15, 0.2) is 18.3 Å². The first-order valence-electron chi connectivity index (χ1n) is 6.00. The first-order valence-corrected chi connectivity index (χ1v) is 6.00. The number of hydrogen-bond acceptors (Lipinski definition) is 3. The van der Waals surface area contributed by atoms with E-state index in [0.717, 1.165) is 18.0 Å². The molecule has 0 amide bonds. The fourth-order valence-corrected chi connectivity index (χ4v) is 2.76. The Bertz CT molecular complexity index is 340. The van der Waals surface area contributed by atoms with Gasteiger partial charge in [-0.05, 0) is 44.5 Å². The maximum absolute atomic E-state index is 5.40. The van der Waals surface area contributed by atoms with Crippen molar-refractivity contribution < 1.29 is 4.74 Å². The first kappa shape index (κ1) is 11.4. The van der Waals surface area contributed by atoms with Crippen LogP contribution < -0.4 is 10.1 Å². The van der Waals surface area contributed by atoms with Crippen LogP contribution in [0.3, 0.4) is 0 Å². The maximum Gasteiger partial charge on any atom is 0.140 e. The molecule has 0 saturated heterocycles. The zero-order valence-electron chi connectivity index (χ0n) is 10.1. The van der Waals surface area contributed by atoms with Gasteiger partial charge in [0, 0.05) is 12.1 Å². The lowest BCUT2D eigenvalue weighted by Crippen LogP contribution is -2.21. The molecule has 3 nitrogen and oxygen atoms in total. The van der Waals surface area contributed by atoms with Crippen molar-refractivity contribution >= 4 is 0 Å². The first-order chi connectivity index (χ1) is 7.86. The summed E-state index contributed by atoms with van der Waals surface area (Å²) in [4.78, 5) is 4.51. The van der Waals surface area contributed by atoms with Gasteiger partial charge in [0.1, 0.15) is 5.75 Å². The summed E-state index contributed by atoms with van der Waals surface area (Å²) in [5.41, 5.74) is 1.14. The highest BCUT2D eigenvalue weighted by atomic mass is 16.5. The third-order valence-corrected chi connectivity index (χ3v) is 3.50. The van der Waals surface area contributed by atoms with E-state index < -0.39 is 0 Å². The molecular weight excluding hydrogens is 200 g/mol. The van der Waals surface area contributed by atoms with Crippen molar-refractivity contribution in [2.24, 2.45) is 5.92 Å². The van der Waals surface area contributed by atoms with Gasteiger partial charge < -0.3 is 10.1 Å². The molecule has 0 aliphatic heterocycles. The van der Waals surface area contributed by atoms with Crippen LogP contribution in [0.5, 0.6) is 5.75 Å². The highest BCUT2D eigenvalue weighted by Gasteiger charge is 2.30. The van der Waals surface area contributed by atoms with Gasteiger partial charge in [-0.25, -0.2) is 0 Å². The minimum absolute atomic E-state index is 0.559. The second-order valence-corrected chi connectivity index (χ2v) is 4.45.